The maximum Gasteiger partial charge on any atom is 0.223 e. The van der Waals surface area contributed by atoms with Gasteiger partial charge in [-0.3, -0.25) is 9.59 Å². The number of hydrogen-bond donors (Lipinski definition) is 1. The van der Waals surface area contributed by atoms with E-state index in [-0.39, 0.29) is 24.3 Å². The number of primary amides is 1. The van der Waals surface area contributed by atoms with Crippen LogP contribution in [0.1, 0.15) is 24.9 Å². The van der Waals surface area contributed by atoms with Crippen LogP contribution < -0.4 is 5.73 Å². The van der Waals surface area contributed by atoms with Gasteiger partial charge in [0.25, 0.3) is 0 Å². The molecule has 0 spiro atoms. The van der Waals surface area contributed by atoms with Gasteiger partial charge in [0, 0.05) is 13.0 Å². The Bertz CT molecular complexity index is 706. The fourth-order valence-corrected chi connectivity index (χ4v) is 3.08. The normalized spacial score (nSPS) is 20.0. The van der Waals surface area contributed by atoms with Crippen LogP contribution in [0.2, 0.25) is 0 Å². The second kappa shape index (κ2) is 5.20. The molecule has 1 fully saturated rings. The molecule has 0 aliphatic carbocycles. The molecule has 0 aromatic heterocycles. The van der Waals surface area contributed by atoms with Crippen molar-refractivity contribution in [2.45, 2.75) is 19.4 Å². The number of amides is 2. The molecule has 2 amide bonds. The lowest BCUT2D eigenvalue weighted by molar-refractivity contribution is -0.130. The van der Waals surface area contributed by atoms with Gasteiger partial charge in [0.2, 0.25) is 11.8 Å². The molecule has 1 unspecified atom stereocenters. The highest BCUT2D eigenvalue weighted by Gasteiger charge is 2.36. The van der Waals surface area contributed by atoms with Gasteiger partial charge >= 0.3 is 0 Å². The van der Waals surface area contributed by atoms with Crippen molar-refractivity contribution in [1.82, 2.24) is 4.90 Å². The quantitative estimate of drug-likeness (QED) is 0.938. The second-order valence-electron chi connectivity index (χ2n) is 5.59. The van der Waals surface area contributed by atoms with Gasteiger partial charge < -0.3 is 10.6 Å². The highest BCUT2D eigenvalue weighted by molar-refractivity contribution is 5.90. The predicted molar refractivity (Wildman–Crippen MR) is 81.4 cm³/mol. The molecule has 1 saturated heterocycles. The minimum atomic E-state index is -0.393. The number of rotatable bonds is 3. The molecule has 4 heteroatoms. The summed E-state index contributed by atoms with van der Waals surface area (Å²) in [6.07, 6.45) is 0.227. The van der Waals surface area contributed by atoms with Crippen LogP contribution in [0, 0.1) is 5.92 Å². The van der Waals surface area contributed by atoms with Gasteiger partial charge in [-0.2, -0.15) is 0 Å². The Kier molecular flexibility index (Phi) is 3.37. The van der Waals surface area contributed by atoms with Crippen LogP contribution in [0.15, 0.2) is 42.5 Å². The van der Waals surface area contributed by atoms with Crippen molar-refractivity contribution < 1.29 is 9.59 Å². The lowest BCUT2D eigenvalue weighted by atomic mass is 9.99. The van der Waals surface area contributed by atoms with Crippen molar-refractivity contribution in [3.63, 3.8) is 0 Å². The molecule has 0 saturated carbocycles. The first-order chi connectivity index (χ1) is 10.1. The third-order valence-corrected chi connectivity index (χ3v) is 4.30. The maximum atomic E-state index is 12.2. The number of nitrogens with two attached hydrogens (primary N) is 1. The number of fused-ring (bicyclic) bond motifs is 1. The topological polar surface area (TPSA) is 63.4 Å². The van der Waals surface area contributed by atoms with E-state index in [2.05, 4.69) is 18.2 Å². The lowest BCUT2D eigenvalue weighted by Gasteiger charge is -2.26. The van der Waals surface area contributed by atoms with Gasteiger partial charge in [0.15, 0.2) is 0 Å². The van der Waals surface area contributed by atoms with Gasteiger partial charge in [-0.25, -0.2) is 0 Å². The van der Waals surface area contributed by atoms with E-state index in [1.807, 2.05) is 31.2 Å². The Morgan fingerprint density at radius 1 is 1.24 bits per heavy atom. The zero-order valence-corrected chi connectivity index (χ0v) is 12.0. The van der Waals surface area contributed by atoms with E-state index in [9.17, 15) is 9.59 Å². The maximum absolute atomic E-state index is 12.2. The first-order valence-electron chi connectivity index (χ1n) is 7.14. The lowest BCUT2D eigenvalue weighted by Crippen LogP contribution is -2.30. The molecule has 1 aliphatic heterocycles. The van der Waals surface area contributed by atoms with Crippen molar-refractivity contribution in [2.24, 2.45) is 11.7 Å². The predicted octanol–water partition coefficient (Wildman–Crippen LogP) is 2.23. The number of likely N-dealkylation sites (tertiary alicyclic amines) is 1. The summed E-state index contributed by atoms with van der Waals surface area (Å²) >= 11 is 0. The number of nitrogens with zero attached hydrogens (tertiary/aromatic N) is 1. The SMILES string of the molecule is C[C@@H](c1cccc2ccccc12)N1CC(C(N)=O)CC1=O. The fraction of sp³-hybridized carbons (Fsp3) is 0.294. The summed E-state index contributed by atoms with van der Waals surface area (Å²) in [5.41, 5.74) is 6.44. The molecule has 3 rings (SSSR count). The average molecular weight is 282 g/mol. The molecule has 1 aliphatic rings. The van der Waals surface area contributed by atoms with Crippen molar-refractivity contribution in [1.29, 1.82) is 0 Å². The Balaban J connectivity index is 1.96. The van der Waals surface area contributed by atoms with Gasteiger partial charge in [0.05, 0.1) is 12.0 Å². The standard InChI is InChI=1S/C17H18N2O2/c1-11(19-10-13(17(18)21)9-16(19)20)14-8-4-6-12-5-2-3-7-15(12)14/h2-8,11,13H,9-10H2,1H3,(H2,18,21)/t11-,13?/m0/s1. The minimum absolute atomic E-state index is 0.000709. The molecule has 2 atom stereocenters. The number of carbonyl (C=O) groups is 2. The zero-order chi connectivity index (χ0) is 15.0. The smallest absolute Gasteiger partial charge is 0.223 e. The van der Waals surface area contributed by atoms with Crippen molar-refractivity contribution in [3.05, 3.63) is 48.0 Å². The van der Waals surface area contributed by atoms with E-state index < -0.39 is 5.91 Å². The average Bonchev–Trinajstić information content (AvgIpc) is 2.88. The largest absolute Gasteiger partial charge is 0.369 e. The van der Waals surface area contributed by atoms with Crippen LogP contribution in [0.3, 0.4) is 0 Å². The Labute approximate surface area is 123 Å². The van der Waals surface area contributed by atoms with E-state index in [4.69, 9.17) is 5.73 Å². The van der Waals surface area contributed by atoms with Crippen LogP contribution in [-0.2, 0) is 9.59 Å². The molecular weight excluding hydrogens is 264 g/mol. The van der Waals surface area contributed by atoms with Gasteiger partial charge in [-0.15, -0.1) is 0 Å². The molecule has 2 N–H and O–H groups in total. The fourth-order valence-electron chi connectivity index (χ4n) is 3.08. The van der Waals surface area contributed by atoms with Crippen LogP contribution in [0.4, 0.5) is 0 Å². The van der Waals surface area contributed by atoms with Crippen molar-refractivity contribution >= 4 is 22.6 Å². The number of benzene rings is 2. The summed E-state index contributed by atoms with van der Waals surface area (Å²) in [4.78, 5) is 25.2. The highest BCUT2D eigenvalue weighted by atomic mass is 16.2. The first-order valence-corrected chi connectivity index (χ1v) is 7.14. The highest BCUT2D eigenvalue weighted by Crippen LogP contribution is 2.32. The molecule has 2 aromatic rings. The molecule has 0 radical (unpaired) electrons. The van der Waals surface area contributed by atoms with Crippen LogP contribution in [-0.4, -0.2) is 23.3 Å². The Morgan fingerprint density at radius 3 is 2.67 bits per heavy atom. The zero-order valence-electron chi connectivity index (χ0n) is 12.0. The number of carbonyl (C=O) groups excluding carboxylic acids is 2. The number of hydrogen-bond acceptors (Lipinski definition) is 2. The summed E-state index contributed by atoms with van der Waals surface area (Å²) in [6.45, 7) is 2.42. The van der Waals surface area contributed by atoms with Crippen LogP contribution in [0.25, 0.3) is 10.8 Å². The summed E-state index contributed by atoms with van der Waals surface area (Å²) in [6, 6.07) is 14.2. The monoisotopic (exact) mass is 282 g/mol. The summed E-state index contributed by atoms with van der Waals surface area (Å²) < 4.78 is 0. The third-order valence-electron chi connectivity index (χ3n) is 4.30. The first kappa shape index (κ1) is 13.6. The summed E-state index contributed by atoms with van der Waals surface area (Å²) in [5.74, 6) is -0.759. The Hall–Kier alpha value is -2.36. The minimum Gasteiger partial charge on any atom is -0.369 e. The molecule has 108 valence electrons. The van der Waals surface area contributed by atoms with Crippen molar-refractivity contribution in [3.8, 4) is 0 Å². The van der Waals surface area contributed by atoms with Crippen molar-refractivity contribution in [2.75, 3.05) is 6.54 Å². The van der Waals surface area contributed by atoms with E-state index in [0.29, 0.717) is 6.54 Å². The molecule has 0 bridgehead atoms. The molecule has 1 heterocycles. The summed E-state index contributed by atoms with van der Waals surface area (Å²) in [5, 5.41) is 2.29. The van der Waals surface area contributed by atoms with Crippen LogP contribution in [0.5, 0.6) is 0 Å². The van der Waals surface area contributed by atoms with Gasteiger partial charge in [-0.1, -0.05) is 42.5 Å². The van der Waals surface area contributed by atoms with Gasteiger partial charge in [0.1, 0.15) is 0 Å². The molecular formula is C17H18N2O2. The molecule has 2 aromatic carbocycles. The van der Waals surface area contributed by atoms with Crippen LogP contribution >= 0.6 is 0 Å². The van der Waals surface area contributed by atoms with E-state index in [1.54, 1.807) is 4.90 Å². The second-order valence-corrected chi connectivity index (χ2v) is 5.59. The van der Waals surface area contributed by atoms with E-state index in [0.717, 1.165) is 16.3 Å². The third kappa shape index (κ3) is 2.37. The van der Waals surface area contributed by atoms with E-state index >= 15 is 0 Å². The summed E-state index contributed by atoms with van der Waals surface area (Å²) in [7, 11) is 0. The molecule has 4 nitrogen and oxygen atoms in total. The Morgan fingerprint density at radius 2 is 1.95 bits per heavy atom. The van der Waals surface area contributed by atoms with Gasteiger partial charge in [-0.05, 0) is 23.3 Å². The van der Waals surface area contributed by atoms with E-state index in [1.165, 1.54) is 0 Å². The molecule has 21 heavy (non-hydrogen) atoms.